The maximum atomic E-state index is 11.3. The van der Waals surface area contributed by atoms with Crippen LogP contribution in [0.15, 0.2) is 0 Å². The van der Waals surface area contributed by atoms with Crippen LogP contribution >= 0.6 is 0 Å². The van der Waals surface area contributed by atoms with Crippen molar-refractivity contribution < 1.29 is 9.59 Å². The second kappa shape index (κ2) is 3.16. The van der Waals surface area contributed by atoms with E-state index >= 15 is 0 Å². The number of hydrogen-bond donors (Lipinski definition) is 0. The van der Waals surface area contributed by atoms with Crippen molar-refractivity contribution >= 4 is 12.1 Å². The summed E-state index contributed by atoms with van der Waals surface area (Å²) in [5.74, 6) is 0.274. The highest BCUT2D eigenvalue weighted by Gasteiger charge is 2.34. The molecule has 0 N–H and O–H groups in total. The second-order valence-corrected chi connectivity index (χ2v) is 3.56. The molecule has 0 heterocycles. The van der Waals surface area contributed by atoms with E-state index < -0.39 is 0 Å². The van der Waals surface area contributed by atoms with E-state index in [0.717, 1.165) is 25.5 Å². The zero-order valence-corrected chi connectivity index (χ0v) is 6.93. The summed E-state index contributed by atoms with van der Waals surface area (Å²) in [4.78, 5) is 21.6. The van der Waals surface area contributed by atoms with Crippen LogP contribution in [0, 0.1) is 5.41 Å². The Kier molecular flexibility index (Phi) is 2.42. The number of ketones is 1. The van der Waals surface area contributed by atoms with Crippen LogP contribution in [0.25, 0.3) is 0 Å². The zero-order chi connectivity index (χ0) is 8.32. The summed E-state index contributed by atoms with van der Waals surface area (Å²) >= 11 is 0. The summed E-state index contributed by atoms with van der Waals surface area (Å²) in [5, 5.41) is 0. The Hall–Kier alpha value is -0.660. The lowest BCUT2D eigenvalue weighted by molar-refractivity contribution is -0.132. The number of aldehydes is 1. The van der Waals surface area contributed by atoms with Gasteiger partial charge in [0.15, 0.2) is 0 Å². The van der Waals surface area contributed by atoms with E-state index in [1.54, 1.807) is 0 Å². The van der Waals surface area contributed by atoms with Crippen molar-refractivity contribution in [2.45, 2.75) is 39.0 Å². The summed E-state index contributed by atoms with van der Waals surface area (Å²) in [6, 6.07) is 0. The van der Waals surface area contributed by atoms with E-state index in [1.165, 1.54) is 0 Å². The third-order valence-electron chi connectivity index (χ3n) is 2.59. The number of carbonyl (C=O) groups excluding carboxylic acids is 2. The standard InChI is InChI=1S/C9H14O2/c1-9(6-7-10)5-3-2-4-8(9)11/h7H,2-6H2,1H3/t9-/m1/s1. The lowest BCUT2D eigenvalue weighted by atomic mass is 9.73. The highest BCUT2D eigenvalue weighted by molar-refractivity contribution is 5.87. The summed E-state index contributed by atoms with van der Waals surface area (Å²) in [6.45, 7) is 1.91. The van der Waals surface area contributed by atoms with Crippen molar-refractivity contribution in [3.63, 3.8) is 0 Å². The molecule has 0 spiro atoms. The first-order valence-electron chi connectivity index (χ1n) is 4.16. The molecule has 11 heavy (non-hydrogen) atoms. The fraction of sp³-hybridized carbons (Fsp3) is 0.778. The van der Waals surface area contributed by atoms with Gasteiger partial charge in [-0.2, -0.15) is 0 Å². The van der Waals surface area contributed by atoms with E-state index in [-0.39, 0.29) is 11.2 Å². The third kappa shape index (κ3) is 1.67. The minimum atomic E-state index is -0.319. The monoisotopic (exact) mass is 154 g/mol. The van der Waals surface area contributed by atoms with Crippen molar-refractivity contribution in [1.29, 1.82) is 0 Å². The van der Waals surface area contributed by atoms with Gasteiger partial charge in [0.1, 0.15) is 12.1 Å². The molecule has 1 fully saturated rings. The average molecular weight is 154 g/mol. The Balaban J connectivity index is 2.64. The topological polar surface area (TPSA) is 34.1 Å². The molecule has 0 aromatic carbocycles. The minimum absolute atomic E-state index is 0.274. The van der Waals surface area contributed by atoms with E-state index in [4.69, 9.17) is 0 Å². The first-order valence-corrected chi connectivity index (χ1v) is 4.16. The van der Waals surface area contributed by atoms with Crippen LogP contribution in [0.5, 0.6) is 0 Å². The molecule has 1 aliphatic carbocycles. The number of hydrogen-bond acceptors (Lipinski definition) is 2. The molecule has 0 aliphatic heterocycles. The molecule has 2 nitrogen and oxygen atoms in total. The molecule has 0 aromatic heterocycles. The summed E-state index contributed by atoms with van der Waals surface area (Å²) in [5.41, 5.74) is -0.319. The number of carbonyl (C=O) groups is 2. The van der Waals surface area contributed by atoms with Gasteiger partial charge < -0.3 is 4.79 Å². The van der Waals surface area contributed by atoms with Crippen LogP contribution in [0.3, 0.4) is 0 Å². The van der Waals surface area contributed by atoms with Crippen LogP contribution in [0.4, 0.5) is 0 Å². The third-order valence-corrected chi connectivity index (χ3v) is 2.59. The predicted molar refractivity (Wildman–Crippen MR) is 42.3 cm³/mol. The molecule has 0 bridgehead atoms. The van der Waals surface area contributed by atoms with Crippen LogP contribution in [0.2, 0.25) is 0 Å². The average Bonchev–Trinajstić information content (AvgIpc) is 1.96. The van der Waals surface area contributed by atoms with Gasteiger partial charge in [-0.1, -0.05) is 13.3 Å². The Morgan fingerprint density at radius 1 is 1.55 bits per heavy atom. The largest absolute Gasteiger partial charge is 0.303 e. The van der Waals surface area contributed by atoms with E-state index in [9.17, 15) is 9.59 Å². The Morgan fingerprint density at radius 2 is 2.27 bits per heavy atom. The van der Waals surface area contributed by atoms with Crippen molar-refractivity contribution in [2.75, 3.05) is 0 Å². The Morgan fingerprint density at radius 3 is 2.82 bits per heavy atom. The molecule has 2 heteroatoms. The highest BCUT2D eigenvalue weighted by atomic mass is 16.1. The summed E-state index contributed by atoms with van der Waals surface area (Å²) < 4.78 is 0. The fourth-order valence-electron chi connectivity index (χ4n) is 1.64. The summed E-state index contributed by atoms with van der Waals surface area (Å²) in [6.07, 6.45) is 4.94. The number of rotatable bonds is 2. The molecule has 0 radical (unpaired) electrons. The van der Waals surface area contributed by atoms with Gasteiger partial charge in [-0.05, 0) is 12.8 Å². The molecule has 1 atom stereocenters. The van der Waals surface area contributed by atoms with Gasteiger partial charge >= 0.3 is 0 Å². The predicted octanol–water partition coefficient (Wildman–Crippen LogP) is 1.72. The van der Waals surface area contributed by atoms with Gasteiger partial charge in [-0.25, -0.2) is 0 Å². The van der Waals surface area contributed by atoms with Crippen molar-refractivity contribution in [3.8, 4) is 0 Å². The molecule has 62 valence electrons. The van der Waals surface area contributed by atoms with Gasteiger partial charge in [-0.3, -0.25) is 4.79 Å². The van der Waals surface area contributed by atoms with Crippen LogP contribution in [-0.2, 0) is 9.59 Å². The van der Waals surface area contributed by atoms with Gasteiger partial charge in [0, 0.05) is 18.3 Å². The molecule has 0 aromatic rings. The van der Waals surface area contributed by atoms with Crippen LogP contribution in [0.1, 0.15) is 39.0 Å². The number of Topliss-reactive ketones (excluding diaryl/α,β-unsaturated/α-hetero) is 1. The lowest BCUT2D eigenvalue weighted by Crippen LogP contribution is -2.31. The molecule has 1 saturated carbocycles. The fourth-order valence-corrected chi connectivity index (χ4v) is 1.64. The molecular formula is C9H14O2. The lowest BCUT2D eigenvalue weighted by Gasteiger charge is -2.29. The minimum Gasteiger partial charge on any atom is -0.303 e. The normalized spacial score (nSPS) is 31.9. The van der Waals surface area contributed by atoms with Gasteiger partial charge in [0.2, 0.25) is 0 Å². The Labute approximate surface area is 67.0 Å². The molecule has 1 aliphatic rings. The first-order chi connectivity index (χ1) is 5.19. The van der Waals surface area contributed by atoms with Crippen LogP contribution < -0.4 is 0 Å². The van der Waals surface area contributed by atoms with E-state index in [0.29, 0.717) is 12.8 Å². The van der Waals surface area contributed by atoms with Gasteiger partial charge in [0.05, 0.1) is 0 Å². The van der Waals surface area contributed by atoms with Crippen molar-refractivity contribution in [2.24, 2.45) is 5.41 Å². The van der Waals surface area contributed by atoms with Crippen molar-refractivity contribution in [3.05, 3.63) is 0 Å². The second-order valence-electron chi connectivity index (χ2n) is 3.56. The maximum absolute atomic E-state index is 11.3. The van der Waals surface area contributed by atoms with Crippen molar-refractivity contribution in [1.82, 2.24) is 0 Å². The van der Waals surface area contributed by atoms with Gasteiger partial charge in [-0.15, -0.1) is 0 Å². The molecular weight excluding hydrogens is 140 g/mol. The molecule has 0 amide bonds. The molecule has 0 saturated heterocycles. The van der Waals surface area contributed by atoms with Gasteiger partial charge in [0.25, 0.3) is 0 Å². The quantitative estimate of drug-likeness (QED) is 0.567. The smallest absolute Gasteiger partial charge is 0.139 e. The zero-order valence-electron chi connectivity index (χ0n) is 6.93. The maximum Gasteiger partial charge on any atom is 0.139 e. The SMILES string of the molecule is C[C@]1(CC=O)CCCCC1=O. The van der Waals surface area contributed by atoms with E-state index in [2.05, 4.69) is 0 Å². The van der Waals surface area contributed by atoms with Crippen LogP contribution in [-0.4, -0.2) is 12.1 Å². The van der Waals surface area contributed by atoms with E-state index in [1.807, 2.05) is 6.92 Å². The Bertz CT molecular complexity index is 174. The molecule has 1 rings (SSSR count). The summed E-state index contributed by atoms with van der Waals surface area (Å²) in [7, 11) is 0. The first kappa shape index (κ1) is 8.44. The molecule has 0 unspecified atom stereocenters. The highest BCUT2D eigenvalue weighted by Crippen LogP contribution is 2.34.